The van der Waals surface area contributed by atoms with Crippen molar-refractivity contribution in [3.05, 3.63) is 82.6 Å². The SMILES string of the molecule is Cc1ccc(C(=O)N2CCc3nc(COc4cccc(C)c4)oc3C2)cc1. The minimum absolute atomic E-state index is 0.0228. The molecule has 5 heteroatoms. The summed E-state index contributed by atoms with van der Waals surface area (Å²) >= 11 is 0. The van der Waals surface area contributed by atoms with Crippen LogP contribution in [-0.2, 0) is 19.6 Å². The van der Waals surface area contributed by atoms with Crippen molar-refractivity contribution in [2.24, 2.45) is 0 Å². The van der Waals surface area contributed by atoms with Gasteiger partial charge in [0.2, 0.25) is 5.89 Å². The highest BCUT2D eigenvalue weighted by Gasteiger charge is 2.26. The Bertz CT molecular complexity index is 960. The lowest BCUT2D eigenvalue weighted by molar-refractivity contribution is 0.0718. The molecule has 1 amide bonds. The highest BCUT2D eigenvalue weighted by Crippen LogP contribution is 2.23. The van der Waals surface area contributed by atoms with Gasteiger partial charge < -0.3 is 14.1 Å². The first kappa shape index (κ1) is 17.3. The molecule has 0 bridgehead atoms. The molecule has 0 unspecified atom stereocenters. The number of aryl methyl sites for hydroxylation is 2. The number of aromatic nitrogens is 1. The second kappa shape index (κ2) is 7.27. The topological polar surface area (TPSA) is 55.6 Å². The second-order valence-electron chi connectivity index (χ2n) is 6.93. The maximum atomic E-state index is 12.7. The van der Waals surface area contributed by atoms with Crippen LogP contribution >= 0.6 is 0 Å². The highest BCUT2D eigenvalue weighted by molar-refractivity contribution is 5.94. The van der Waals surface area contributed by atoms with Crippen molar-refractivity contribution in [2.45, 2.75) is 33.4 Å². The first-order valence-corrected chi connectivity index (χ1v) is 9.11. The summed E-state index contributed by atoms with van der Waals surface area (Å²) < 4.78 is 11.6. The predicted octanol–water partition coefficient (Wildman–Crippen LogP) is 4.07. The number of ether oxygens (including phenoxy) is 1. The van der Waals surface area contributed by atoms with Crippen molar-refractivity contribution in [2.75, 3.05) is 6.54 Å². The molecule has 0 saturated heterocycles. The van der Waals surface area contributed by atoms with Crippen LogP contribution in [0, 0.1) is 13.8 Å². The van der Waals surface area contributed by atoms with Crippen LogP contribution < -0.4 is 4.74 Å². The molecule has 0 spiro atoms. The average molecular weight is 362 g/mol. The average Bonchev–Trinajstić information content (AvgIpc) is 3.08. The van der Waals surface area contributed by atoms with E-state index in [0.29, 0.717) is 31.0 Å². The van der Waals surface area contributed by atoms with Crippen LogP contribution in [0.15, 0.2) is 52.9 Å². The molecule has 27 heavy (non-hydrogen) atoms. The second-order valence-corrected chi connectivity index (χ2v) is 6.93. The van der Waals surface area contributed by atoms with Gasteiger partial charge in [0.1, 0.15) is 11.5 Å². The smallest absolute Gasteiger partial charge is 0.254 e. The Hall–Kier alpha value is -3.08. The Balaban J connectivity index is 1.42. The number of hydrogen-bond acceptors (Lipinski definition) is 4. The first-order valence-electron chi connectivity index (χ1n) is 9.11. The van der Waals surface area contributed by atoms with Crippen LogP contribution in [0.5, 0.6) is 5.75 Å². The molecule has 0 saturated carbocycles. The van der Waals surface area contributed by atoms with Gasteiger partial charge >= 0.3 is 0 Å². The van der Waals surface area contributed by atoms with Gasteiger partial charge in [0.25, 0.3) is 5.91 Å². The monoisotopic (exact) mass is 362 g/mol. The van der Waals surface area contributed by atoms with E-state index in [1.165, 1.54) is 0 Å². The van der Waals surface area contributed by atoms with Crippen molar-refractivity contribution in [3.8, 4) is 5.75 Å². The Morgan fingerprint density at radius 3 is 2.74 bits per heavy atom. The molecule has 2 heterocycles. The van der Waals surface area contributed by atoms with E-state index in [4.69, 9.17) is 9.15 Å². The number of carbonyl (C=O) groups is 1. The van der Waals surface area contributed by atoms with Gasteiger partial charge in [-0.15, -0.1) is 0 Å². The number of hydrogen-bond donors (Lipinski definition) is 0. The van der Waals surface area contributed by atoms with Crippen molar-refractivity contribution in [3.63, 3.8) is 0 Å². The van der Waals surface area contributed by atoms with Gasteiger partial charge in [-0.3, -0.25) is 4.79 Å². The maximum Gasteiger partial charge on any atom is 0.254 e. The van der Waals surface area contributed by atoms with E-state index in [-0.39, 0.29) is 12.5 Å². The Morgan fingerprint density at radius 1 is 1.15 bits per heavy atom. The fourth-order valence-electron chi connectivity index (χ4n) is 3.21. The third-order valence-corrected chi connectivity index (χ3v) is 4.71. The first-order chi connectivity index (χ1) is 13.1. The minimum Gasteiger partial charge on any atom is -0.484 e. The van der Waals surface area contributed by atoms with Gasteiger partial charge in [0.05, 0.1) is 12.2 Å². The van der Waals surface area contributed by atoms with Crippen LogP contribution in [0.25, 0.3) is 0 Å². The molecule has 1 aliphatic heterocycles. The third-order valence-electron chi connectivity index (χ3n) is 4.71. The summed E-state index contributed by atoms with van der Waals surface area (Å²) in [4.78, 5) is 19.1. The van der Waals surface area contributed by atoms with Crippen molar-refractivity contribution >= 4 is 5.91 Å². The molecule has 0 aliphatic carbocycles. The van der Waals surface area contributed by atoms with E-state index in [0.717, 1.165) is 28.3 Å². The van der Waals surface area contributed by atoms with Crippen molar-refractivity contribution in [1.29, 1.82) is 0 Å². The molecule has 138 valence electrons. The fourth-order valence-corrected chi connectivity index (χ4v) is 3.21. The summed E-state index contributed by atoms with van der Waals surface area (Å²) in [5, 5.41) is 0. The van der Waals surface area contributed by atoms with Crippen LogP contribution in [-0.4, -0.2) is 22.3 Å². The number of carbonyl (C=O) groups excluding carboxylic acids is 1. The lowest BCUT2D eigenvalue weighted by atomic mass is 10.1. The molecule has 0 fully saturated rings. The predicted molar refractivity (Wildman–Crippen MR) is 102 cm³/mol. The van der Waals surface area contributed by atoms with Crippen LogP contribution in [0.4, 0.5) is 0 Å². The summed E-state index contributed by atoms with van der Waals surface area (Å²) in [6.45, 7) is 5.40. The number of fused-ring (bicyclic) bond motifs is 1. The molecule has 1 aliphatic rings. The molecule has 5 nitrogen and oxygen atoms in total. The van der Waals surface area contributed by atoms with Gasteiger partial charge in [0, 0.05) is 18.5 Å². The highest BCUT2D eigenvalue weighted by atomic mass is 16.5. The van der Waals surface area contributed by atoms with E-state index >= 15 is 0 Å². The summed E-state index contributed by atoms with van der Waals surface area (Å²) in [7, 11) is 0. The van der Waals surface area contributed by atoms with Crippen LogP contribution in [0.3, 0.4) is 0 Å². The minimum atomic E-state index is 0.0228. The fraction of sp³-hybridized carbons (Fsp3) is 0.273. The molecule has 2 aromatic carbocycles. The summed E-state index contributed by atoms with van der Waals surface area (Å²) in [6, 6.07) is 15.5. The zero-order chi connectivity index (χ0) is 18.8. The van der Waals surface area contributed by atoms with E-state index in [2.05, 4.69) is 4.98 Å². The summed E-state index contributed by atoms with van der Waals surface area (Å²) in [6.07, 6.45) is 0.695. The summed E-state index contributed by atoms with van der Waals surface area (Å²) in [5.41, 5.74) is 3.91. The number of benzene rings is 2. The van der Waals surface area contributed by atoms with E-state index in [1.54, 1.807) is 0 Å². The molecule has 0 radical (unpaired) electrons. The van der Waals surface area contributed by atoms with Gasteiger partial charge in [0.15, 0.2) is 6.61 Å². The molecule has 3 aromatic rings. The van der Waals surface area contributed by atoms with Gasteiger partial charge in [-0.05, 0) is 43.7 Å². The zero-order valence-corrected chi connectivity index (χ0v) is 15.6. The number of nitrogens with zero attached hydrogens (tertiary/aromatic N) is 2. The molecular formula is C22H22N2O3. The van der Waals surface area contributed by atoms with Gasteiger partial charge in [-0.25, -0.2) is 4.98 Å². The standard InChI is InChI=1S/C22H22N2O3/c1-15-6-8-17(9-7-15)22(25)24-11-10-19-20(13-24)27-21(23-19)14-26-18-5-3-4-16(2)12-18/h3-9,12H,10-11,13-14H2,1-2H3. The van der Waals surface area contributed by atoms with Gasteiger partial charge in [-0.1, -0.05) is 29.8 Å². The molecule has 1 aromatic heterocycles. The number of oxazole rings is 1. The Labute approximate surface area is 158 Å². The van der Waals surface area contributed by atoms with E-state index in [9.17, 15) is 4.79 Å². The lowest BCUT2D eigenvalue weighted by Crippen LogP contribution is -2.35. The van der Waals surface area contributed by atoms with Crippen molar-refractivity contribution < 1.29 is 13.9 Å². The molecule has 0 atom stereocenters. The third kappa shape index (κ3) is 3.87. The van der Waals surface area contributed by atoms with E-state index < -0.39 is 0 Å². The van der Waals surface area contributed by atoms with Crippen LogP contribution in [0.2, 0.25) is 0 Å². The largest absolute Gasteiger partial charge is 0.484 e. The maximum absolute atomic E-state index is 12.7. The zero-order valence-electron chi connectivity index (χ0n) is 15.6. The molecule has 4 rings (SSSR count). The Kier molecular flexibility index (Phi) is 4.67. The normalized spacial score (nSPS) is 13.3. The van der Waals surface area contributed by atoms with Crippen molar-refractivity contribution in [1.82, 2.24) is 9.88 Å². The number of rotatable bonds is 4. The van der Waals surface area contributed by atoms with Gasteiger partial charge in [-0.2, -0.15) is 0 Å². The van der Waals surface area contributed by atoms with E-state index in [1.807, 2.05) is 67.3 Å². The Morgan fingerprint density at radius 2 is 1.96 bits per heavy atom. The lowest BCUT2D eigenvalue weighted by Gasteiger charge is -2.25. The number of amides is 1. The summed E-state index contributed by atoms with van der Waals surface area (Å²) in [5.74, 6) is 2.12. The molecular weight excluding hydrogens is 340 g/mol. The van der Waals surface area contributed by atoms with Crippen LogP contribution in [0.1, 0.15) is 38.8 Å². The quantitative estimate of drug-likeness (QED) is 0.702. The molecule has 0 N–H and O–H groups in total.